The Hall–Kier alpha value is -2.73. The van der Waals surface area contributed by atoms with E-state index in [-0.39, 0.29) is 0 Å². The van der Waals surface area contributed by atoms with E-state index in [1.165, 1.54) is 22.7 Å². The molecule has 6 heteroatoms. The molecule has 114 valence electrons. The average Bonchev–Trinajstić information content (AvgIpc) is 2.95. The van der Waals surface area contributed by atoms with Crippen LogP contribution in [0.25, 0.3) is 32.1 Å². The number of aromatic nitrogens is 3. The molecule has 4 aromatic rings. The van der Waals surface area contributed by atoms with Crippen molar-refractivity contribution in [2.24, 2.45) is 0 Å². The van der Waals surface area contributed by atoms with Gasteiger partial charge in [-0.25, -0.2) is 9.97 Å². The lowest BCUT2D eigenvalue weighted by atomic mass is 9.98. The topological polar surface area (TPSA) is 76.7 Å². The molecule has 0 saturated carbocycles. The molecule has 4 rings (SSSR count). The molecule has 0 bridgehead atoms. The maximum Gasteiger partial charge on any atom is 0.222 e. The van der Waals surface area contributed by atoms with Crippen LogP contribution >= 0.6 is 11.5 Å². The van der Waals surface area contributed by atoms with Crippen LogP contribution < -0.4 is 11.1 Å². The number of nitrogens with zero attached hydrogens (tertiary/aromatic N) is 3. The van der Waals surface area contributed by atoms with E-state index in [0.717, 1.165) is 26.6 Å². The number of nitrogens with two attached hydrogens (primary N) is 1. The van der Waals surface area contributed by atoms with Crippen LogP contribution in [-0.4, -0.2) is 21.4 Å². The maximum atomic E-state index is 5.97. The SMILES string of the molecule is CNc1ncc2cc(-c3c(C)ccc4c(N)nsc34)ccc2n1. The van der Waals surface area contributed by atoms with Gasteiger partial charge in [0, 0.05) is 29.6 Å². The molecule has 2 aromatic carbocycles. The van der Waals surface area contributed by atoms with Crippen molar-refractivity contribution < 1.29 is 0 Å². The first-order valence-electron chi connectivity index (χ1n) is 7.27. The van der Waals surface area contributed by atoms with E-state index in [2.05, 4.69) is 44.8 Å². The van der Waals surface area contributed by atoms with Crippen molar-refractivity contribution in [3.63, 3.8) is 0 Å². The van der Waals surface area contributed by atoms with Gasteiger partial charge in [-0.05, 0) is 47.8 Å². The Labute approximate surface area is 137 Å². The van der Waals surface area contributed by atoms with Crippen molar-refractivity contribution in [3.8, 4) is 11.1 Å². The monoisotopic (exact) mass is 321 g/mol. The summed E-state index contributed by atoms with van der Waals surface area (Å²) in [6, 6.07) is 10.4. The Morgan fingerprint density at radius 1 is 1.17 bits per heavy atom. The summed E-state index contributed by atoms with van der Waals surface area (Å²) in [4.78, 5) is 8.76. The second kappa shape index (κ2) is 5.17. The second-order valence-electron chi connectivity index (χ2n) is 5.42. The molecule has 2 heterocycles. The van der Waals surface area contributed by atoms with Gasteiger partial charge in [-0.2, -0.15) is 4.37 Å². The predicted molar refractivity (Wildman–Crippen MR) is 96.8 cm³/mol. The van der Waals surface area contributed by atoms with Crippen molar-refractivity contribution in [1.82, 2.24) is 14.3 Å². The fourth-order valence-electron chi connectivity index (χ4n) is 2.79. The lowest BCUT2D eigenvalue weighted by molar-refractivity contribution is 1.19. The van der Waals surface area contributed by atoms with Gasteiger partial charge in [0.15, 0.2) is 0 Å². The Morgan fingerprint density at radius 3 is 2.87 bits per heavy atom. The molecule has 0 amide bonds. The van der Waals surface area contributed by atoms with Crippen LogP contribution in [0.3, 0.4) is 0 Å². The third kappa shape index (κ3) is 2.19. The first kappa shape index (κ1) is 13.9. The van der Waals surface area contributed by atoms with Crippen molar-refractivity contribution >= 4 is 44.3 Å². The molecular formula is C17H15N5S. The minimum atomic E-state index is 0.592. The number of nitrogen functional groups attached to an aromatic ring is 1. The molecule has 2 aromatic heterocycles. The molecule has 5 nitrogen and oxygen atoms in total. The van der Waals surface area contributed by atoms with Gasteiger partial charge in [-0.15, -0.1) is 0 Å². The highest BCUT2D eigenvalue weighted by atomic mass is 32.1. The van der Waals surface area contributed by atoms with Crippen molar-refractivity contribution in [2.45, 2.75) is 6.92 Å². The number of nitrogens with one attached hydrogen (secondary N) is 1. The highest BCUT2D eigenvalue weighted by Gasteiger charge is 2.13. The fraction of sp³-hybridized carbons (Fsp3) is 0.118. The Kier molecular flexibility index (Phi) is 3.12. The zero-order chi connectivity index (χ0) is 16.0. The van der Waals surface area contributed by atoms with Gasteiger partial charge in [0.1, 0.15) is 5.82 Å². The highest BCUT2D eigenvalue weighted by molar-refractivity contribution is 7.14. The van der Waals surface area contributed by atoms with Crippen LogP contribution in [0.5, 0.6) is 0 Å². The fourth-order valence-corrected chi connectivity index (χ4v) is 3.72. The summed E-state index contributed by atoms with van der Waals surface area (Å²) in [5, 5.41) is 4.98. The van der Waals surface area contributed by atoms with Crippen molar-refractivity contribution in [1.29, 1.82) is 0 Å². The van der Waals surface area contributed by atoms with E-state index >= 15 is 0 Å². The Bertz CT molecular complexity index is 1040. The van der Waals surface area contributed by atoms with E-state index < -0.39 is 0 Å². The molecule has 0 aliphatic heterocycles. The van der Waals surface area contributed by atoms with E-state index in [9.17, 15) is 0 Å². The van der Waals surface area contributed by atoms with Crippen LogP contribution in [0, 0.1) is 6.92 Å². The average molecular weight is 321 g/mol. The summed E-state index contributed by atoms with van der Waals surface area (Å²) in [7, 11) is 1.81. The first-order valence-corrected chi connectivity index (χ1v) is 8.04. The third-order valence-electron chi connectivity index (χ3n) is 3.97. The molecule has 0 spiro atoms. The summed E-state index contributed by atoms with van der Waals surface area (Å²) in [5.41, 5.74) is 10.4. The van der Waals surface area contributed by atoms with Gasteiger partial charge in [0.25, 0.3) is 0 Å². The molecule has 0 atom stereocenters. The number of rotatable bonds is 2. The van der Waals surface area contributed by atoms with Gasteiger partial charge < -0.3 is 11.1 Å². The van der Waals surface area contributed by atoms with Gasteiger partial charge in [0.05, 0.1) is 10.2 Å². The van der Waals surface area contributed by atoms with Crippen molar-refractivity contribution in [2.75, 3.05) is 18.1 Å². The van der Waals surface area contributed by atoms with E-state index in [0.29, 0.717) is 11.8 Å². The summed E-state index contributed by atoms with van der Waals surface area (Å²) < 4.78 is 5.41. The van der Waals surface area contributed by atoms with Crippen LogP contribution in [0.2, 0.25) is 0 Å². The molecule has 0 radical (unpaired) electrons. The zero-order valence-corrected chi connectivity index (χ0v) is 13.6. The lowest BCUT2D eigenvalue weighted by Crippen LogP contribution is -1.95. The minimum absolute atomic E-state index is 0.592. The molecule has 0 unspecified atom stereocenters. The normalized spacial score (nSPS) is 11.2. The largest absolute Gasteiger partial charge is 0.382 e. The second-order valence-corrected chi connectivity index (χ2v) is 6.19. The number of anilines is 2. The number of fused-ring (bicyclic) bond motifs is 2. The molecule has 0 aliphatic carbocycles. The third-order valence-corrected chi connectivity index (χ3v) is 4.86. The zero-order valence-electron chi connectivity index (χ0n) is 12.8. The Morgan fingerprint density at radius 2 is 2.04 bits per heavy atom. The number of benzene rings is 2. The highest BCUT2D eigenvalue weighted by Crippen LogP contribution is 2.37. The van der Waals surface area contributed by atoms with Gasteiger partial charge in [0.2, 0.25) is 5.95 Å². The molecule has 0 saturated heterocycles. The standard InChI is InChI=1S/C17H15N5S/c1-9-3-5-12-15(23-22-16(12)18)14(9)10-4-6-13-11(7-10)8-20-17(19-2)21-13/h3-8H,1-2H3,(H2,18,22)(H,19,20,21). The number of hydrogen-bond acceptors (Lipinski definition) is 6. The van der Waals surface area contributed by atoms with Gasteiger partial charge >= 0.3 is 0 Å². The molecule has 3 N–H and O–H groups in total. The lowest BCUT2D eigenvalue weighted by Gasteiger charge is -2.09. The van der Waals surface area contributed by atoms with Gasteiger partial charge in [-0.3, -0.25) is 0 Å². The number of hydrogen-bond donors (Lipinski definition) is 2. The van der Waals surface area contributed by atoms with E-state index in [1.807, 2.05) is 25.4 Å². The molecule has 0 aliphatic rings. The van der Waals surface area contributed by atoms with E-state index in [1.54, 1.807) is 0 Å². The molecule has 23 heavy (non-hydrogen) atoms. The molecular weight excluding hydrogens is 306 g/mol. The molecule has 0 fully saturated rings. The van der Waals surface area contributed by atoms with E-state index in [4.69, 9.17) is 5.73 Å². The smallest absolute Gasteiger partial charge is 0.222 e. The van der Waals surface area contributed by atoms with Crippen molar-refractivity contribution in [3.05, 3.63) is 42.1 Å². The van der Waals surface area contributed by atoms with Crippen LogP contribution in [0.15, 0.2) is 36.5 Å². The summed E-state index contributed by atoms with van der Waals surface area (Å²) in [6.45, 7) is 2.11. The van der Waals surface area contributed by atoms with Crippen LogP contribution in [-0.2, 0) is 0 Å². The van der Waals surface area contributed by atoms with Crippen LogP contribution in [0.1, 0.15) is 5.56 Å². The maximum absolute atomic E-state index is 5.97. The van der Waals surface area contributed by atoms with Crippen LogP contribution in [0.4, 0.5) is 11.8 Å². The summed E-state index contributed by atoms with van der Waals surface area (Å²) >= 11 is 1.44. The number of aryl methyl sites for hydroxylation is 1. The Balaban J connectivity index is 1.97. The summed E-state index contributed by atoms with van der Waals surface area (Å²) in [6.07, 6.45) is 1.84. The summed E-state index contributed by atoms with van der Waals surface area (Å²) in [5.74, 6) is 1.22. The first-order chi connectivity index (χ1) is 11.2. The predicted octanol–water partition coefficient (Wildman–Crippen LogP) is 3.84. The minimum Gasteiger partial charge on any atom is -0.382 e. The quantitative estimate of drug-likeness (QED) is 0.586. The van der Waals surface area contributed by atoms with Gasteiger partial charge in [-0.1, -0.05) is 12.1 Å².